The Hall–Kier alpha value is -0.580. The van der Waals surface area contributed by atoms with Crippen LogP contribution in [-0.2, 0) is 12.8 Å². The Balaban J connectivity index is 0.000000845. The van der Waals surface area contributed by atoms with E-state index < -0.39 is 0 Å². The molecule has 2 rings (SSSR count). The first-order valence-corrected chi connectivity index (χ1v) is 4.14. The molecule has 14 heavy (non-hydrogen) atoms. The number of nitrogens with one attached hydrogen (secondary N) is 2. The molecule has 0 unspecified atom stereocenters. The van der Waals surface area contributed by atoms with Crippen LogP contribution in [0.2, 0.25) is 0 Å². The summed E-state index contributed by atoms with van der Waals surface area (Å²) in [5.74, 6) is 0. The average Bonchev–Trinajstić information content (AvgIpc) is 2.30. The molecule has 1 aromatic heterocycles. The van der Waals surface area contributed by atoms with Crippen LogP contribution in [0.3, 0.4) is 0 Å². The molecule has 4 nitrogen and oxygen atoms in total. The summed E-state index contributed by atoms with van der Waals surface area (Å²) in [6.07, 6.45) is 3.13. The zero-order chi connectivity index (χ0) is 8.39. The van der Waals surface area contributed by atoms with E-state index in [1.807, 2.05) is 0 Å². The van der Waals surface area contributed by atoms with Gasteiger partial charge in [-0.05, 0) is 13.0 Å². The van der Waals surface area contributed by atoms with Crippen LogP contribution in [0, 0.1) is 0 Å². The van der Waals surface area contributed by atoms with Gasteiger partial charge >= 0.3 is 0 Å². The molecule has 6 heteroatoms. The van der Waals surface area contributed by atoms with Gasteiger partial charge in [-0.25, -0.2) is 4.98 Å². The summed E-state index contributed by atoms with van der Waals surface area (Å²) >= 11 is 0. The first-order chi connectivity index (χ1) is 5.88. The Morgan fingerprint density at radius 1 is 1.21 bits per heavy atom. The van der Waals surface area contributed by atoms with E-state index in [2.05, 4.69) is 15.3 Å². The predicted octanol–water partition coefficient (Wildman–Crippen LogP) is 0.302. The zero-order valence-corrected chi connectivity index (χ0v) is 9.21. The van der Waals surface area contributed by atoms with Crippen LogP contribution in [0.15, 0.2) is 11.1 Å². The standard InChI is InChI=1S/C8H11N3O.2ClH/c12-8-6-1-3-9-4-2-7(6)10-5-11-8;;/h5,9H,1-4H2,(H,10,11,12);2*1H. The van der Waals surface area contributed by atoms with E-state index in [1.165, 1.54) is 6.33 Å². The minimum absolute atomic E-state index is 0. The molecule has 0 fully saturated rings. The van der Waals surface area contributed by atoms with Gasteiger partial charge in [-0.1, -0.05) is 0 Å². The molecule has 0 amide bonds. The molecule has 0 atom stereocenters. The summed E-state index contributed by atoms with van der Waals surface area (Å²) in [6.45, 7) is 1.80. The van der Waals surface area contributed by atoms with E-state index in [-0.39, 0.29) is 30.4 Å². The van der Waals surface area contributed by atoms with Gasteiger partial charge in [0.25, 0.3) is 5.56 Å². The Bertz CT molecular complexity index is 340. The molecule has 0 bridgehead atoms. The molecular formula is C8H13Cl2N3O. The highest BCUT2D eigenvalue weighted by Gasteiger charge is 2.10. The second-order valence-electron chi connectivity index (χ2n) is 2.91. The maximum Gasteiger partial charge on any atom is 0.254 e. The van der Waals surface area contributed by atoms with Gasteiger partial charge in [-0.15, -0.1) is 24.8 Å². The molecule has 0 aromatic carbocycles. The monoisotopic (exact) mass is 237 g/mol. The van der Waals surface area contributed by atoms with Gasteiger partial charge in [-0.2, -0.15) is 0 Å². The number of aromatic nitrogens is 2. The van der Waals surface area contributed by atoms with Crippen LogP contribution in [0.5, 0.6) is 0 Å². The molecule has 0 saturated carbocycles. The highest BCUT2D eigenvalue weighted by atomic mass is 35.5. The fourth-order valence-corrected chi connectivity index (χ4v) is 1.48. The van der Waals surface area contributed by atoms with Crippen LogP contribution in [0.1, 0.15) is 11.3 Å². The molecule has 2 heterocycles. The molecule has 1 aliphatic heterocycles. The Kier molecular flexibility index (Phi) is 5.76. The summed E-state index contributed by atoms with van der Waals surface area (Å²) in [5.41, 5.74) is 1.81. The first-order valence-electron chi connectivity index (χ1n) is 4.14. The first kappa shape index (κ1) is 13.4. The van der Waals surface area contributed by atoms with Gasteiger partial charge in [0, 0.05) is 18.5 Å². The van der Waals surface area contributed by atoms with Crippen molar-refractivity contribution < 1.29 is 0 Å². The number of rotatable bonds is 0. The van der Waals surface area contributed by atoms with Crippen molar-refractivity contribution in [2.45, 2.75) is 12.8 Å². The van der Waals surface area contributed by atoms with Crippen molar-refractivity contribution in [1.82, 2.24) is 15.3 Å². The summed E-state index contributed by atoms with van der Waals surface area (Å²) in [5, 5.41) is 3.23. The van der Waals surface area contributed by atoms with Crippen molar-refractivity contribution in [3.63, 3.8) is 0 Å². The fraction of sp³-hybridized carbons (Fsp3) is 0.500. The Labute approximate surface area is 94.3 Å². The second kappa shape index (κ2) is 6.01. The van der Waals surface area contributed by atoms with Crippen LogP contribution in [0.25, 0.3) is 0 Å². The Morgan fingerprint density at radius 2 is 1.93 bits per heavy atom. The SMILES string of the molecule is Cl.Cl.O=c1[nH]cnc2c1CCNCC2. The third kappa shape index (κ3) is 2.70. The van der Waals surface area contributed by atoms with Gasteiger partial charge in [-0.3, -0.25) is 4.79 Å². The number of nitrogens with zero attached hydrogens (tertiary/aromatic N) is 1. The van der Waals surface area contributed by atoms with Gasteiger partial charge in [0.2, 0.25) is 0 Å². The van der Waals surface area contributed by atoms with Crippen molar-refractivity contribution in [2.75, 3.05) is 13.1 Å². The van der Waals surface area contributed by atoms with Crippen LogP contribution in [0.4, 0.5) is 0 Å². The van der Waals surface area contributed by atoms with E-state index >= 15 is 0 Å². The van der Waals surface area contributed by atoms with E-state index in [9.17, 15) is 4.79 Å². The molecule has 2 N–H and O–H groups in total. The van der Waals surface area contributed by atoms with Gasteiger partial charge in [0.1, 0.15) is 0 Å². The maximum absolute atomic E-state index is 11.3. The predicted molar refractivity (Wildman–Crippen MR) is 59.6 cm³/mol. The van der Waals surface area contributed by atoms with E-state index in [1.54, 1.807) is 0 Å². The molecule has 0 spiro atoms. The number of hydrogen-bond acceptors (Lipinski definition) is 3. The van der Waals surface area contributed by atoms with Crippen LogP contribution >= 0.6 is 24.8 Å². The van der Waals surface area contributed by atoms with Crippen molar-refractivity contribution in [1.29, 1.82) is 0 Å². The summed E-state index contributed by atoms with van der Waals surface area (Å²) in [7, 11) is 0. The number of hydrogen-bond donors (Lipinski definition) is 2. The average molecular weight is 238 g/mol. The van der Waals surface area contributed by atoms with Crippen LogP contribution in [-0.4, -0.2) is 23.1 Å². The number of halogens is 2. The van der Waals surface area contributed by atoms with E-state index in [4.69, 9.17) is 0 Å². The van der Waals surface area contributed by atoms with E-state index in [0.29, 0.717) is 0 Å². The second-order valence-corrected chi connectivity index (χ2v) is 2.91. The highest BCUT2D eigenvalue weighted by molar-refractivity contribution is 5.85. The van der Waals surface area contributed by atoms with Crippen molar-refractivity contribution >= 4 is 24.8 Å². The largest absolute Gasteiger partial charge is 0.316 e. The summed E-state index contributed by atoms with van der Waals surface area (Å²) in [4.78, 5) is 18.0. The van der Waals surface area contributed by atoms with Crippen molar-refractivity contribution in [2.24, 2.45) is 0 Å². The third-order valence-electron chi connectivity index (χ3n) is 2.13. The summed E-state index contributed by atoms with van der Waals surface area (Å²) < 4.78 is 0. The molecule has 80 valence electrons. The molecule has 0 radical (unpaired) electrons. The molecule has 0 aliphatic carbocycles. The number of H-pyrrole nitrogens is 1. The number of fused-ring (bicyclic) bond motifs is 1. The van der Waals surface area contributed by atoms with Crippen molar-refractivity contribution in [3.8, 4) is 0 Å². The molecular weight excluding hydrogens is 225 g/mol. The quantitative estimate of drug-likeness (QED) is 0.683. The normalized spacial score (nSPS) is 14.3. The fourth-order valence-electron chi connectivity index (χ4n) is 1.48. The number of aromatic amines is 1. The maximum atomic E-state index is 11.3. The van der Waals surface area contributed by atoms with Crippen molar-refractivity contribution in [3.05, 3.63) is 27.9 Å². The minimum atomic E-state index is 0. The van der Waals surface area contributed by atoms with Gasteiger partial charge < -0.3 is 10.3 Å². The lowest BCUT2D eigenvalue weighted by Crippen LogP contribution is -2.18. The smallest absolute Gasteiger partial charge is 0.254 e. The summed E-state index contributed by atoms with van der Waals surface area (Å²) in [6, 6.07) is 0. The third-order valence-corrected chi connectivity index (χ3v) is 2.13. The Morgan fingerprint density at radius 3 is 2.71 bits per heavy atom. The molecule has 1 aliphatic rings. The molecule has 0 saturated heterocycles. The topological polar surface area (TPSA) is 57.8 Å². The van der Waals surface area contributed by atoms with E-state index in [0.717, 1.165) is 37.2 Å². The van der Waals surface area contributed by atoms with Gasteiger partial charge in [0.15, 0.2) is 0 Å². The van der Waals surface area contributed by atoms with Crippen LogP contribution < -0.4 is 10.9 Å². The zero-order valence-electron chi connectivity index (χ0n) is 7.58. The molecule has 1 aromatic rings. The minimum Gasteiger partial charge on any atom is -0.316 e. The lowest BCUT2D eigenvalue weighted by molar-refractivity contribution is 0.708. The lowest BCUT2D eigenvalue weighted by Gasteiger charge is -1.99. The lowest BCUT2D eigenvalue weighted by atomic mass is 10.1. The van der Waals surface area contributed by atoms with Gasteiger partial charge in [0.05, 0.1) is 12.0 Å². The highest BCUT2D eigenvalue weighted by Crippen LogP contribution is 2.02.